The van der Waals surface area contributed by atoms with Crippen molar-refractivity contribution >= 4 is 5.96 Å². The Morgan fingerprint density at radius 2 is 1.90 bits per heavy atom. The zero-order valence-corrected chi connectivity index (χ0v) is 18.0. The Labute approximate surface area is 174 Å². The highest BCUT2D eigenvalue weighted by atomic mass is 19.1. The third kappa shape index (κ3) is 4.43. The Hall–Kier alpha value is -1.66. The van der Waals surface area contributed by atoms with Crippen LogP contribution in [-0.2, 0) is 11.3 Å². The first-order valence-electron chi connectivity index (χ1n) is 11.1. The van der Waals surface area contributed by atoms with Gasteiger partial charge in [0.05, 0.1) is 6.10 Å². The zero-order chi connectivity index (χ0) is 20.4. The minimum absolute atomic E-state index is 0.149. The Bertz CT molecular complexity index is 712. The summed E-state index contributed by atoms with van der Waals surface area (Å²) in [6.45, 7) is 11.3. The lowest BCUT2D eigenvalue weighted by Crippen LogP contribution is -2.68. The molecule has 1 aromatic rings. The number of guanidine groups is 1. The number of rotatable bonds is 5. The van der Waals surface area contributed by atoms with Crippen LogP contribution in [0, 0.1) is 17.2 Å². The van der Waals surface area contributed by atoms with E-state index in [1.54, 1.807) is 12.1 Å². The van der Waals surface area contributed by atoms with Crippen LogP contribution in [0.15, 0.2) is 29.3 Å². The highest BCUT2D eigenvalue weighted by Gasteiger charge is 2.59. The van der Waals surface area contributed by atoms with Crippen molar-refractivity contribution < 1.29 is 9.13 Å². The van der Waals surface area contributed by atoms with Gasteiger partial charge in [-0.05, 0) is 43.9 Å². The summed E-state index contributed by atoms with van der Waals surface area (Å²) in [7, 11) is 0. The van der Waals surface area contributed by atoms with Gasteiger partial charge < -0.3 is 15.4 Å². The molecule has 1 aromatic carbocycles. The van der Waals surface area contributed by atoms with Crippen LogP contribution in [0.25, 0.3) is 0 Å². The molecule has 2 saturated heterocycles. The van der Waals surface area contributed by atoms with Crippen molar-refractivity contribution in [1.29, 1.82) is 0 Å². The standard InChI is InChI=1S/C23H35FN4O/c1-4-25-22(27-20-19-11-14-29-21(19)23(20,2)3)26-18-9-12-28(13-10-18)15-16-5-7-17(24)8-6-16/h5-8,18-21H,4,9-15H2,1-3H3,(H2,25,26,27). The first kappa shape index (κ1) is 20.6. The molecule has 2 N–H and O–H groups in total. The number of nitrogens with zero attached hydrogens (tertiary/aromatic N) is 2. The number of benzene rings is 1. The molecule has 1 saturated carbocycles. The second kappa shape index (κ2) is 8.60. The first-order valence-corrected chi connectivity index (χ1v) is 11.1. The summed E-state index contributed by atoms with van der Waals surface area (Å²) in [4.78, 5) is 7.17. The lowest BCUT2D eigenvalue weighted by molar-refractivity contribution is -0.106. The molecule has 3 fully saturated rings. The van der Waals surface area contributed by atoms with E-state index in [-0.39, 0.29) is 11.2 Å². The van der Waals surface area contributed by atoms with Crippen molar-refractivity contribution in [2.24, 2.45) is 16.3 Å². The van der Waals surface area contributed by atoms with Crippen LogP contribution in [0.3, 0.4) is 0 Å². The van der Waals surface area contributed by atoms with Gasteiger partial charge in [0.2, 0.25) is 0 Å². The Morgan fingerprint density at radius 3 is 2.59 bits per heavy atom. The number of aliphatic imine (C=N–C) groups is 1. The fraction of sp³-hybridized carbons (Fsp3) is 0.696. The summed E-state index contributed by atoms with van der Waals surface area (Å²) >= 11 is 0. The van der Waals surface area contributed by atoms with Crippen molar-refractivity contribution in [2.75, 3.05) is 26.2 Å². The maximum absolute atomic E-state index is 13.1. The molecule has 0 bridgehead atoms. The summed E-state index contributed by atoms with van der Waals surface area (Å²) in [5.41, 5.74) is 1.32. The number of hydrogen-bond acceptors (Lipinski definition) is 3. The van der Waals surface area contributed by atoms with Gasteiger partial charge in [-0.3, -0.25) is 9.89 Å². The number of hydrogen-bond donors (Lipinski definition) is 2. The topological polar surface area (TPSA) is 48.9 Å². The third-order valence-corrected chi connectivity index (χ3v) is 6.96. The van der Waals surface area contributed by atoms with E-state index in [4.69, 9.17) is 9.73 Å². The minimum Gasteiger partial charge on any atom is -0.377 e. The van der Waals surface area contributed by atoms with E-state index in [0.717, 1.165) is 58.0 Å². The molecular weight excluding hydrogens is 367 g/mol. The maximum atomic E-state index is 13.1. The van der Waals surface area contributed by atoms with Crippen LogP contribution in [0.4, 0.5) is 4.39 Å². The van der Waals surface area contributed by atoms with E-state index >= 15 is 0 Å². The molecule has 6 heteroatoms. The van der Waals surface area contributed by atoms with Gasteiger partial charge in [-0.25, -0.2) is 4.39 Å². The molecule has 160 valence electrons. The van der Waals surface area contributed by atoms with Gasteiger partial charge >= 0.3 is 0 Å². The molecule has 4 rings (SSSR count). The number of nitrogens with one attached hydrogen (secondary N) is 2. The highest BCUT2D eigenvalue weighted by Crippen LogP contribution is 2.52. The van der Waals surface area contributed by atoms with Gasteiger partial charge in [-0.15, -0.1) is 0 Å². The van der Waals surface area contributed by atoms with E-state index in [0.29, 0.717) is 24.1 Å². The van der Waals surface area contributed by atoms with Gasteiger partial charge in [0.25, 0.3) is 0 Å². The van der Waals surface area contributed by atoms with Gasteiger partial charge in [0, 0.05) is 56.2 Å². The van der Waals surface area contributed by atoms with Crippen LogP contribution in [0.2, 0.25) is 0 Å². The number of likely N-dealkylation sites (tertiary alicyclic amines) is 1. The van der Waals surface area contributed by atoms with E-state index in [9.17, 15) is 4.39 Å². The van der Waals surface area contributed by atoms with E-state index in [1.165, 1.54) is 5.56 Å². The quantitative estimate of drug-likeness (QED) is 0.587. The number of halogens is 1. The zero-order valence-electron chi connectivity index (χ0n) is 18.0. The predicted molar refractivity (Wildman–Crippen MR) is 114 cm³/mol. The van der Waals surface area contributed by atoms with Crippen LogP contribution in [0.5, 0.6) is 0 Å². The molecule has 0 spiro atoms. The van der Waals surface area contributed by atoms with Crippen molar-refractivity contribution in [3.8, 4) is 0 Å². The molecule has 3 atom stereocenters. The maximum Gasteiger partial charge on any atom is 0.191 e. The second-order valence-electron chi connectivity index (χ2n) is 9.33. The SMILES string of the molecule is CCN=C(NC1CCN(Cc2ccc(F)cc2)CC1)NC1C2CCOC2C1(C)C. The Balaban J connectivity index is 1.28. The van der Waals surface area contributed by atoms with Crippen LogP contribution < -0.4 is 10.6 Å². The first-order chi connectivity index (χ1) is 14.0. The monoisotopic (exact) mass is 402 g/mol. The molecule has 5 nitrogen and oxygen atoms in total. The van der Waals surface area contributed by atoms with E-state index < -0.39 is 0 Å². The number of piperidine rings is 1. The normalized spacial score (nSPS) is 29.9. The number of fused-ring (bicyclic) bond motifs is 1. The summed E-state index contributed by atoms with van der Waals surface area (Å²) in [6, 6.07) is 7.73. The van der Waals surface area contributed by atoms with Crippen LogP contribution >= 0.6 is 0 Å². The highest BCUT2D eigenvalue weighted by molar-refractivity contribution is 5.80. The third-order valence-electron chi connectivity index (χ3n) is 6.96. The second-order valence-corrected chi connectivity index (χ2v) is 9.33. The lowest BCUT2D eigenvalue weighted by atomic mass is 9.57. The molecule has 0 aromatic heterocycles. The molecule has 0 amide bonds. The molecule has 3 unspecified atom stereocenters. The van der Waals surface area contributed by atoms with E-state index in [2.05, 4.69) is 36.3 Å². The van der Waals surface area contributed by atoms with Crippen molar-refractivity contribution in [3.05, 3.63) is 35.6 Å². The van der Waals surface area contributed by atoms with Crippen molar-refractivity contribution in [1.82, 2.24) is 15.5 Å². The molecule has 1 aliphatic carbocycles. The van der Waals surface area contributed by atoms with Gasteiger partial charge in [-0.2, -0.15) is 0 Å². The molecule has 2 aliphatic heterocycles. The molecular formula is C23H35FN4O. The minimum atomic E-state index is -0.169. The van der Waals surface area contributed by atoms with Crippen molar-refractivity contribution in [3.63, 3.8) is 0 Å². The molecule has 29 heavy (non-hydrogen) atoms. The largest absolute Gasteiger partial charge is 0.377 e. The van der Waals surface area contributed by atoms with Gasteiger partial charge in [0.15, 0.2) is 5.96 Å². The van der Waals surface area contributed by atoms with Gasteiger partial charge in [-0.1, -0.05) is 26.0 Å². The van der Waals surface area contributed by atoms with Crippen molar-refractivity contribution in [2.45, 2.75) is 64.8 Å². The van der Waals surface area contributed by atoms with E-state index in [1.807, 2.05) is 12.1 Å². The Kier molecular flexibility index (Phi) is 6.11. The molecule has 0 radical (unpaired) electrons. The average Bonchev–Trinajstić information content (AvgIpc) is 3.17. The fourth-order valence-electron chi connectivity index (χ4n) is 5.33. The Morgan fingerprint density at radius 1 is 1.17 bits per heavy atom. The van der Waals surface area contributed by atoms with Gasteiger partial charge in [0.1, 0.15) is 5.82 Å². The summed E-state index contributed by atoms with van der Waals surface area (Å²) in [5, 5.41) is 7.42. The fourth-order valence-corrected chi connectivity index (χ4v) is 5.33. The summed E-state index contributed by atoms with van der Waals surface area (Å²) in [5.74, 6) is 1.39. The molecule has 3 aliphatic rings. The van der Waals surface area contributed by atoms with Crippen LogP contribution in [-0.4, -0.2) is 55.3 Å². The summed E-state index contributed by atoms with van der Waals surface area (Å²) < 4.78 is 19.0. The number of ether oxygens (including phenoxy) is 1. The summed E-state index contributed by atoms with van der Waals surface area (Å²) in [6.07, 6.45) is 3.72. The smallest absolute Gasteiger partial charge is 0.191 e. The average molecular weight is 403 g/mol. The molecule has 2 heterocycles. The predicted octanol–water partition coefficient (Wildman–Crippen LogP) is 3.16. The van der Waals surface area contributed by atoms with Crippen LogP contribution in [0.1, 0.15) is 45.6 Å². The lowest BCUT2D eigenvalue weighted by Gasteiger charge is -2.55.